The zero-order valence-electron chi connectivity index (χ0n) is 9.43. The van der Waals surface area contributed by atoms with E-state index in [-0.39, 0.29) is 0 Å². The van der Waals surface area contributed by atoms with E-state index in [1.165, 1.54) is 12.0 Å². The molecule has 0 aromatic heterocycles. The van der Waals surface area contributed by atoms with Gasteiger partial charge in [0.2, 0.25) is 0 Å². The van der Waals surface area contributed by atoms with E-state index in [1.54, 1.807) is 6.08 Å². The maximum Gasteiger partial charge on any atom is 0.0342 e. The summed E-state index contributed by atoms with van der Waals surface area (Å²) in [4.78, 5) is 0. The highest BCUT2D eigenvalue weighted by Crippen LogP contribution is 2.07. The van der Waals surface area contributed by atoms with Gasteiger partial charge in [0.25, 0.3) is 0 Å². The predicted molar refractivity (Wildman–Crippen MR) is 62.5 cm³/mol. The van der Waals surface area contributed by atoms with Crippen molar-refractivity contribution in [3.8, 4) is 0 Å². The van der Waals surface area contributed by atoms with Gasteiger partial charge in [-0.1, -0.05) is 45.9 Å². The average molecular weight is 181 g/mol. The summed E-state index contributed by atoms with van der Waals surface area (Å²) in [5.41, 5.74) is 7.67. The Bertz CT molecular complexity index is 176. The molecule has 0 fully saturated rings. The van der Waals surface area contributed by atoms with Crippen LogP contribution in [0.5, 0.6) is 0 Å². The molecule has 0 aliphatic rings. The summed E-state index contributed by atoms with van der Waals surface area (Å²) in [6, 6.07) is 0. The van der Waals surface area contributed by atoms with Crippen molar-refractivity contribution >= 4 is 0 Å². The number of rotatable bonds is 3. The zero-order chi connectivity index (χ0) is 10.7. The van der Waals surface area contributed by atoms with Crippen molar-refractivity contribution < 1.29 is 0 Å². The summed E-state index contributed by atoms with van der Waals surface area (Å²) in [6.45, 7) is 11.9. The van der Waals surface area contributed by atoms with Gasteiger partial charge in [-0.25, -0.2) is 0 Å². The molecule has 0 atom stereocenters. The zero-order valence-corrected chi connectivity index (χ0v) is 9.43. The number of hydrogen-bond acceptors (Lipinski definition) is 1. The van der Waals surface area contributed by atoms with E-state index in [4.69, 9.17) is 5.73 Å². The second-order valence-corrected chi connectivity index (χ2v) is 2.73. The molecule has 0 unspecified atom stereocenters. The topological polar surface area (TPSA) is 26.0 Å². The number of nitrogens with two attached hydrogens (primary N) is 1. The van der Waals surface area contributed by atoms with E-state index < -0.39 is 0 Å². The molecule has 0 bridgehead atoms. The Morgan fingerprint density at radius 2 is 1.77 bits per heavy atom. The molecule has 0 heterocycles. The molecule has 13 heavy (non-hydrogen) atoms. The highest BCUT2D eigenvalue weighted by Gasteiger charge is 1.92. The lowest BCUT2D eigenvalue weighted by molar-refractivity contribution is 1.08. The summed E-state index contributed by atoms with van der Waals surface area (Å²) in [7, 11) is 0. The van der Waals surface area contributed by atoms with Gasteiger partial charge in [0.15, 0.2) is 0 Å². The van der Waals surface area contributed by atoms with Crippen molar-refractivity contribution in [3.63, 3.8) is 0 Å². The first-order valence-corrected chi connectivity index (χ1v) is 4.91. The normalized spacial score (nSPS) is 11.7. The van der Waals surface area contributed by atoms with E-state index >= 15 is 0 Å². The van der Waals surface area contributed by atoms with Crippen LogP contribution in [0.1, 0.15) is 40.5 Å². The van der Waals surface area contributed by atoms with Crippen LogP contribution in [-0.4, -0.2) is 0 Å². The molecule has 0 amide bonds. The molecular weight excluding hydrogens is 158 g/mol. The summed E-state index contributed by atoms with van der Waals surface area (Å²) >= 11 is 0. The van der Waals surface area contributed by atoms with Gasteiger partial charge in [0.05, 0.1) is 0 Å². The molecule has 2 N–H and O–H groups in total. The van der Waals surface area contributed by atoms with Crippen molar-refractivity contribution in [2.45, 2.75) is 40.5 Å². The average Bonchev–Trinajstić information content (AvgIpc) is 2.08. The third-order valence-corrected chi connectivity index (χ3v) is 1.40. The molecule has 0 saturated heterocycles. The van der Waals surface area contributed by atoms with Gasteiger partial charge < -0.3 is 5.73 Å². The van der Waals surface area contributed by atoms with E-state index in [0.29, 0.717) is 0 Å². The van der Waals surface area contributed by atoms with E-state index in [0.717, 1.165) is 12.1 Å². The second kappa shape index (κ2) is 11.0. The lowest BCUT2D eigenvalue weighted by atomic mass is 10.1. The fraction of sp³-hybridized carbons (Fsp3) is 0.500. The van der Waals surface area contributed by atoms with Gasteiger partial charge in [-0.05, 0) is 25.0 Å². The van der Waals surface area contributed by atoms with E-state index in [2.05, 4.69) is 27.4 Å². The minimum Gasteiger partial charge on any atom is -0.399 e. The number of allylic oxidation sites excluding steroid dienone is 4. The van der Waals surface area contributed by atoms with Gasteiger partial charge >= 0.3 is 0 Å². The Balaban J connectivity index is 0. The summed E-state index contributed by atoms with van der Waals surface area (Å²) in [5, 5.41) is 0. The maximum atomic E-state index is 5.67. The molecule has 0 aromatic rings. The Kier molecular flexibility index (Phi) is 12.3. The first-order valence-electron chi connectivity index (χ1n) is 4.91. The van der Waals surface area contributed by atoms with Crippen LogP contribution in [0.2, 0.25) is 0 Å². The summed E-state index contributed by atoms with van der Waals surface area (Å²) in [6.07, 6.45) is 7.77. The highest BCUT2D eigenvalue weighted by molar-refractivity contribution is 5.29. The highest BCUT2D eigenvalue weighted by atomic mass is 14.6. The molecule has 0 saturated carbocycles. The SMILES string of the molecule is C=C/C=C(N)\C(=C/C)CC.CCC. The third kappa shape index (κ3) is 8.93. The minimum atomic E-state index is 0.819. The Labute approximate surface area is 83.0 Å². The van der Waals surface area contributed by atoms with E-state index in [1.807, 2.05) is 19.1 Å². The molecule has 0 aliphatic heterocycles. The minimum absolute atomic E-state index is 0.819. The van der Waals surface area contributed by atoms with Crippen molar-refractivity contribution in [2.24, 2.45) is 5.73 Å². The molecule has 0 radical (unpaired) electrons. The van der Waals surface area contributed by atoms with Gasteiger partial charge in [-0.15, -0.1) is 0 Å². The standard InChI is InChI=1S/C9H15N.C3H8/c1-4-7-9(10)8(5-2)6-3;1-3-2/h4-5,7H,1,6,10H2,2-3H3;3H2,1-2H3/b8-5-,9-7+;. The van der Waals surface area contributed by atoms with Gasteiger partial charge in [0.1, 0.15) is 0 Å². The smallest absolute Gasteiger partial charge is 0.0342 e. The fourth-order valence-electron chi connectivity index (χ4n) is 0.809. The lowest BCUT2D eigenvalue weighted by Crippen LogP contribution is -1.99. The lowest BCUT2D eigenvalue weighted by Gasteiger charge is -2.01. The van der Waals surface area contributed by atoms with Crippen LogP contribution in [0.15, 0.2) is 36.1 Å². The molecule has 1 nitrogen and oxygen atoms in total. The maximum absolute atomic E-state index is 5.67. The molecule has 0 aromatic carbocycles. The Morgan fingerprint density at radius 1 is 1.31 bits per heavy atom. The molecule has 0 spiro atoms. The second-order valence-electron chi connectivity index (χ2n) is 2.73. The molecule has 1 heteroatoms. The predicted octanol–water partition coefficient (Wildman–Crippen LogP) is 3.79. The first kappa shape index (κ1) is 14.5. The van der Waals surface area contributed by atoms with Crippen LogP contribution in [0, 0.1) is 0 Å². The molecular formula is C12H23N. The fourth-order valence-corrected chi connectivity index (χ4v) is 0.809. The van der Waals surface area contributed by atoms with Crippen LogP contribution >= 0.6 is 0 Å². The van der Waals surface area contributed by atoms with Crippen LogP contribution in [0.3, 0.4) is 0 Å². The summed E-state index contributed by atoms with van der Waals surface area (Å²) in [5.74, 6) is 0. The monoisotopic (exact) mass is 181 g/mol. The van der Waals surface area contributed by atoms with Gasteiger partial charge in [-0.3, -0.25) is 0 Å². The van der Waals surface area contributed by atoms with Gasteiger partial charge in [0, 0.05) is 5.70 Å². The van der Waals surface area contributed by atoms with Crippen LogP contribution in [0.25, 0.3) is 0 Å². The largest absolute Gasteiger partial charge is 0.399 e. The summed E-state index contributed by atoms with van der Waals surface area (Å²) < 4.78 is 0. The molecule has 0 aliphatic carbocycles. The number of hydrogen-bond donors (Lipinski definition) is 1. The van der Waals surface area contributed by atoms with Crippen molar-refractivity contribution in [1.29, 1.82) is 0 Å². The van der Waals surface area contributed by atoms with Gasteiger partial charge in [-0.2, -0.15) is 0 Å². The third-order valence-electron chi connectivity index (χ3n) is 1.40. The van der Waals surface area contributed by atoms with Crippen molar-refractivity contribution in [2.75, 3.05) is 0 Å². The first-order chi connectivity index (χ1) is 6.17. The molecule has 0 rings (SSSR count). The quantitative estimate of drug-likeness (QED) is 0.659. The van der Waals surface area contributed by atoms with Crippen LogP contribution in [-0.2, 0) is 0 Å². The van der Waals surface area contributed by atoms with Crippen molar-refractivity contribution in [1.82, 2.24) is 0 Å². The molecule has 76 valence electrons. The Morgan fingerprint density at radius 3 is 2.00 bits per heavy atom. The van der Waals surface area contributed by atoms with Crippen LogP contribution < -0.4 is 5.73 Å². The van der Waals surface area contributed by atoms with Crippen molar-refractivity contribution in [3.05, 3.63) is 36.1 Å². The van der Waals surface area contributed by atoms with E-state index in [9.17, 15) is 0 Å². The Hall–Kier alpha value is -0.980. The van der Waals surface area contributed by atoms with Crippen LogP contribution in [0.4, 0.5) is 0 Å².